The highest BCUT2D eigenvalue weighted by molar-refractivity contribution is 6.31. The summed E-state index contributed by atoms with van der Waals surface area (Å²) >= 11 is 6.12. The molecule has 2 aliphatic heterocycles. The molecule has 0 aromatic heterocycles. The third-order valence-electron chi connectivity index (χ3n) is 18.7. The molecular formula is C62H95ClF3N11O11. The summed E-state index contributed by atoms with van der Waals surface area (Å²) in [5.74, 6) is -7.82. The molecule has 11 amide bonds. The second kappa shape index (κ2) is 31.3. The van der Waals surface area contributed by atoms with Gasteiger partial charge in [-0.15, -0.1) is 0 Å². The molecule has 2 heterocycles. The zero-order valence-corrected chi connectivity index (χ0v) is 54.4. The van der Waals surface area contributed by atoms with Gasteiger partial charge in [-0.25, -0.2) is 0 Å². The number of carbonyl (C=O) groups excluding carboxylic acids is 11. The number of aryl methyl sites for hydroxylation is 1. The highest BCUT2D eigenvalue weighted by Crippen LogP contribution is 2.37. The number of hydrogen-bond donors (Lipinski definition) is 4. The molecule has 1 unspecified atom stereocenters. The normalized spacial score (nSPS) is 27.4. The minimum Gasteiger partial charge on any atom is -0.351 e. The first-order chi connectivity index (χ1) is 41.1. The summed E-state index contributed by atoms with van der Waals surface area (Å²) in [6.45, 7) is 10.7. The number of hydrogen-bond acceptors (Lipinski definition) is 11. The first kappa shape index (κ1) is 72.2. The van der Waals surface area contributed by atoms with Crippen LogP contribution in [0.25, 0.3) is 0 Å². The molecule has 492 valence electrons. The number of rotatable bonds is 8. The van der Waals surface area contributed by atoms with Crippen molar-refractivity contribution in [1.29, 1.82) is 0 Å². The van der Waals surface area contributed by atoms with E-state index in [1.54, 1.807) is 27.7 Å². The predicted molar refractivity (Wildman–Crippen MR) is 323 cm³/mol. The smallest absolute Gasteiger partial charge is 0.351 e. The Hall–Kier alpha value is -6.53. The van der Waals surface area contributed by atoms with Crippen LogP contribution in [0.1, 0.15) is 156 Å². The van der Waals surface area contributed by atoms with Gasteiger partial charge in [-0.05, 0) is 101 Å². The Morgan fingerprint density at radius 3 is 1.84 bits per heavy atom. The van der Waals surface area contributed by atoms with Crippen LogP contribution in [0.2, 0.25) is 5.02 Å². The first-order valence-corrected chi connectivity index (χ1v) is 31.5. The second-order valence-corrected chi connectivity index (χ2v) is 25.9. The molecule has 1 aromatic carbocycles. The summed E-state index contributed by atoms with van der Waals surface area (Å²) in [4.78, 5) is 167. The Bertz CT molecular complexity index is 2720. The van der Waals surface area contributed by atoms with Crippen molar-refractivity contribution < 1.29 is 65.9 Å². The maximum atomic E-state index is 15.1. The van der Waals surface area contributed by atoms with Crippen molar-refractivity contribution in [2.45, 2.75) is 211 Å². The summed E-state index contributed by atoms with van der Waals surface area (Å²) in [6, 6.07) is -5.94. The van der Waals surface area contributed by atoms with Crippen molar-refractivity contribution >= 4 is 76.6 Å². The van der Waals surface area contributed by atoms with Crippen LogP contribution in [0.15, 0.2) is 18.2 Å². The van der Waals surface area contributed by atoms with Crippen molar-refractivity contribution in [3.05, 3.63) is 34.3 Å². The standard InChI is InChI=1S/C62H95ClF3N11O11/c1-14-37(4)51-59(87)72(9)34-49(79)71(8)35-50(80)75(12)47(33-41-21-16-15-17-22-41)58(86)74(11)40(7)53(81)68-45(27-25-42-24-26-43(44(63)32-42)62(64,65)66)57(85)77-30-20-23-46(77)55(83)70-61(28-18-19-29-61)60(88)76(13)52(36(2)3)56(84)67-38(5)31-48(78)73(10)39(6)54(82)69-51/h24,26,32,36-41,45-47,51-52H,14-23,25,27-31,33-35H2,1-13H3,(H,67,84)(H,68,81)(H,69,82)(H,70,83)/t37?,38-,39+,40-,45+,46+,47+,51+,52+/m1/s1. The van der Waals surface area contributed by atoms with Gasteiger partial charge in [-0.1, -0.05) is 96.7 Å². The van der Waals surface area contributed by atoms with Crippen LogP contribution in [0.3, 0.4) is 0 Å². The van der Waals surface area contributed by atoms with Crippen molar-refractivity contribution in [3.63, 3.8) is 0 Å². The molecule has 4 aliphatic rings. The third kappa shape index (κ3) is 17.9. The molecule has 2 saturated carbocycles. The largest absolute Gasteiger partial charge is 0.417 e. The van der Waals surface area contributed by atoms with E-state index in [0.717, 1.165) is 54.0 Å². The van der Waals surface area contributed by atoms with Gasteiger partial charge in [-0.2, -0.15) is 13.2 Å². The molecule has 4 fully saturated rings. The molecule has 22 nitrogen and oxygen atoms in total. The van der Waals surface area contributed by atoms with Gasteiger partial charge in [-0.3, -0.25) is 52.7 Å². The van der Waals surface area contributed by atoms with E-state index in [1.807, 2.05) is 6.92 Å². The highest BCUT2D eigenvalue weighted by Gasteiger charge is 2.50. The van der Waals surface area contributed by atoms with E-state index in [-0.39, 0.29) is 57.4 Å². The van der Waals surface area contributed by atoms with Gasteiger partial charge in [0.15, 0.2) is 0 Å². The Labute approximate surface area is 521 Å². The fourth-order valence-electron chi connectivity index (χ4n) is 12.5. The first-order valence-electron chi connectivity index (χ1n) is 31.1. The van der Waals surface area contributed by atoms with Gasteiger partial charge in [0.05, 0.1) is 23.7 Å². The van der Waals surface area contributed by atoms with Gasteiger partial charge >= 0.3 is 6.18 Å². The fourth-order valence-corrected chi connectivity index (χ4v) is 12.8. The number of nitrogens with one attached hydrogen (secondary N) is 4. The average molecular weight is 1260 g/mol. The summed E-state index contributed by atoms with van der Waals surface area (Å²) < 4.78 is 41.3. The molecule has 9 atom stereocenters. The number of nitrogens with zero attached hydrogens (tertiary/aromatic N) is 7. The summed E-state index contributed by atoms with van der Waals surface area (Å²) in [6.07, 6.45) is 1.80. The van der Waals surface area contributed by atoms with Crippen molar-refractivity contribution in [3.8, 4) is 0 Å². The lowest BCUT2D eigenvalue weighted by Crippen LogP contribution is -2.64. The lowest BCUT2D eigenvalue weighted by atomic mass is 9.84. The van der Waals surface area contributed by atoms with Crippen LogP contribution in [0.4, 0.5) is 13.2 Å². The summed E-state index contributed by atoms with van der Waals surface area (Å²) in [5.41, 5.74) is -2.25. The second-order valence-electron chi connectivity index (χ2n) is 25.5. The monoisotopic (exact) mass is 1260 g/mol. The zero-order valence-electron chi connectivity index (χ0n) is 53.7. The Morgan fingerprint density at radius 2 is 1.25 bits per heavy atom. The van der Waals surface area contributed by atoms with E-state index < -0.39 is 161 Å². The Balaban J connectivity index is 1.54. The number of amides is 11. The maximum absolute atomic E-state index is 15.1. The van der Waals surface area contributed by atoms with Crippen molar-refractivity contribution in [2.24, 2.45) is 17.8 Å². The maximum Gasteiger partial charge on any atom is 0.417 e. The van der Waals surface area contributed by atoms with E-state index in [1.165, 1.54) is 86.7 Å². The number of fused-ring (bicyclic) bond motifs is 1. The van der Waals surface area contributed by atoms with Crippen molar-refractivity contribution in [1.82, 2.24) is 55.6 Å². The number of carbonyl (C=O) groups is 11. The van der Waals surface area contributed by atoms with Gasteiger partial charge in [0.2, 0.25) is 65.0 Å². The SMILES string of the molecule is CCC(C)[C@@H]1NC(=O)[C@H](C)N(C)C(=O)C[C@@H](C)NC(=O)[C@H](C(C)C)N(C)C(=O)C2(CCCC2)NC(=O)[C@@H]2CCCN2C(=O)[C@H](CCc2ccc(C(F)(F)F)c(Cl)c2)NC(=O)[C@@H](C)N(C)C(=O)[C@H](CC2CCCCC2)N(C)C(=O)CN(C)C(=O)CN(C)C1=O. The molecular weight excluding hydrogens is 1170 g/mol. The highest BCUT2D eigenvalue weighted by atomic mass is 35.5. The number of benzene rings is 1. The predicted octanol–water partition coefficient (Wildman–Crippen LogP) is 4.53. The molecule has 0 bridgehead atoms. The van der Waals surface area contributed by atoms with Crippen LogP contribution in [-0.4, -0.2) is 215 Å². The van der Waals surface area contributed by atoms with Crippen LogP contribution < -0.4 is 21.3 Å². The fraction of sp³-hybridized carbons (Fsp3) is 0.726. The molecule has 0 radical (unpaired) electrons. The number of halogens is 4. The number of alkyl halides is 3. The van der Waals surface area contributed by atoms with Gasteiger partial charge < -0.3 is 55.6 Å². The van der Waals surface area contributed by atoms with Gasteiger partial charge in [0.25, 0.3) is 0 Å². The topological polar surface area (TPSA) is 259 Å². The molecule has 4 N–H and O–H groups in total. The van der Waals surface area contributed by atoms with E-state index in [2.05, 4.69) is 21.3 Å². The molecule has 5 rings (SSSR count). The van der Waals surface area contributed by atoms with E-state index in [4.69, 9.17) is 11.6 Å². The molecule has 26 heteroatoms. The Morgan fingerprint density at radius 1 is 0.648 bits per heavy atom. The molecule has 2 aliphatic carbocycles. The molecule has 1 aromatic rings. The third-order valence-corrected chi connectivity index (χ3v) is 19.0. The molecule has 88 heavy (non-hydrogen) atoms. The van der Waals surface area contributed by atoms with Gasteiger partial charge in [0.1, 0.15) is 47.8 Å². The lowest BCUT2D eigenvalue weighted by Gasteiger charge is -2.39. The number of likely N-dealkylation sites (N-methyl/N-ethyl adjacent to an activating group) is 6. The van der Waals surface area contributed by atoms with Crippen LogP contribution in [-0.2, 0) is 65.3 Å². The van der Waals surface area contributed by atoms with E-state index in [9.17, 15) is 61.1 Å². The minimum atomic E-state index is -4.75. The van der Waals surface area contributed by atoms with Crippen molar-refractivity contribution in [2.75, 3.05) is 61.9 Å². The molecule has 2 saturated heterocycles. The van der Waals surface area contributed by atoms with Crippen LogP contribution in [0.5, 0.6) is 0 Å². The van der Waals surface area contributed by atoms with Gasteiger partial charge in [0, 0.05) is 61.3 Å². The quantitative estimate of drug-likeness (QED) is 0.281. The molecule has 1 spiro atoms. The summed E-state index contributed by atoms with van der Waals surface area (Å²) in [5, 5.41) is 10.8. The van der Waals surface area contributed by atoms with Crippen LogP contribution >= 0.6 is 11.6 Å². The van der Waals surface area contributed by atoms with E-state index in [0.29, 0.717) is 31.2 Å². The van der Waals surface area contributed by atoms with E-state index >= 15 is 4.79 Å². The average Bonchev–Trinajstić information content (AvgIpc) is 3.81. The zero-order chi connectivity index (χ0) is 65.9. The van der Waals surface area contributed by atoms with Crippen LogP contribution in [0, 0.1) is 17.8 Å². The summed E-state index contributed by atoms with van der Waals surface area (Å²) in [7, 11) is 8.47. The minimum absolute atomic E-state index is 0.0270. The lowest BCUT2D eigenvalue weighted by molar-refractivity contribution is -0.150. The Kier molecular flexibility index (Phi) is 25.7.